The summed E-state index contributed by atoms with van der Waals surface area (Å²) in [4.78, 5) is 11.9. The molecule has 0 saturated heterocycles. The fraction of sp³-hybridized carbons (Fsp3) is 0.903. The molecule has 0 unspecified atom stereocenters. The number of nitrogens with one attached hydrogen (secondary N) is 1. The van der Waals surface area contributed by atoms with Crippen molar-refractivity contribution < 1.29 is 26.4 Å². The lowest BCUT2D eigenvalue weighted by Gasteiger charge is -2.28. The number of carbonyl (C=O) groups excluding carboxylic acids is 1. The summed E-state index contributed by atoms with van der Waals surface area (Å²) in [5, 5.41) is 3.08. The third-order valence-corrected chi connectivity index (χ3v) is 7.57. The number of nitrogens with zero attached hydrogens (tertiary/aromatic N) is 1. The first-order valence-electron chi connectivity index (χ1n) is 15.9. The van der Waals surface area contributed by atoms with Crippen molar-refractivity contribution in [2.24, 2.45) is 0 Å². The van der Waals surface area contributed by atoms with Gasteiger partial charge in [-0.15, -0.1) is 0 Å². The van der Waals surface area contributed by atoms with E-state index in [2.05, 4.69) is 49.6 Å². The predicted octanol–water partition coefficient (Wildman–Crippen LogP) is 7.67. The number of quaternary nitrogens is 1. The van der Waals surface area contributed by atoms with Crippen LogP contribution in [-0.4, -0.2) is 63.7 Å². The number of carbonyl (C=O) groups is 1. The molecule has 0 radical (unpaired) electrons. The molecule has 0 heterocycles. The molecular weight excluding hydrogens is 512 g/mol. The zero-order valence-corrected chi connectivity index (χ0v) is 27.1. The van der Waals surface area contributed by atoms with Crippen molar-refractivity contribution in [1.82, 2.24) is 5.32 Å². The summed E-state index contributed by atoms with van der Waals surface area (Å²) in [6.45, 7) is 8.94. The lowest BCUT2D eigenvalue weighted by Crippen LogP contribution is -2.41. The van der Waals surface area contributed by atoms with Crippen LogP contribution in [0.25, 0.3) is 0 Å². The smallest absolute Gasteiger partial charge is 0.219 e. The van der Waals surface area contributed by atoms with Gasteiger partial charge in [0.2, 0.25) is 16.3 Å². The highest BCUT2D eigenvalue weighted by Crippen LogP contribution is 2.12. The molecule has 0 fully saturated rings. The Hall–Kier alpha value is -0.960. The summed E-state index contributed by atoms with van der Waals surface area (Å²) in [6, 6.07) is 0. The second-order valence-electron chi connectivity index (χ2n) is 11.2. The van der Waals surface area contributed by atoms with Crippen molar-refractivity contribution in [2.45, 2.75) is 143 Å². The summed E-state index contributed by atoms with van der Waals surface area (Å²) in [5.74, 6) is 0.243. The van der Waals surface area contributed by atoms with Crippen LogP contribution in [0.1, 0.15) is 143 Å². The van der Waals surface area contributed by atoms with Gasteiger partial charge in [-0.1, -0.05) is 96.1 Å². The van der Waals surface area contributed by atoms with Crippen molar-refractivity contribution in [3.05, 3.63) is 12.2 Å². The Morgan fingerprint density at radius 3 is 1.62 bits per heavy atom. The number of rotatable bonds is 26. The van der Waals surface area contributed by atoms with Crippen LogP contribution in [-0.2, 0) is 19.4 Å². The standard InChI is InChI=1S/C29H58N2O.C2H6O4S/c1-5-7-8-9-10-11-12-13-14-15-16-17-18-19-20-21-22-23-24-26-29(32)30-27-25-28-31(3,4)6-2;1-2-6-7(3,4)5/h13-14H,5-12,15-28H2,1-4H3;2H2,1H3,(H,3,4,5)/b14-13-;. The molecule has 0 bridgehead atoms. The van der Waals surface area contributed by atoms with Crippen LogP contribution in [0, 0.1) is 0 Å². The molecule has 0 aromatic heterocycles. The largest absolute Gasteiger partial charge is 0.726 e. The highest BCUT2D eigenvalue weighted by Gasteiger charge is 2.10. The Morgan fingerprint density at radius 2 is 1.21 bits per heavy atom. The molecule has 0 aliphatic heterocycles. The first-order valence-corrected chi connectivity index (χ1v) is 17.2. The van der Waals surface area contributed by atoms with E-state index in [0.29, 0.717) is 6.42 Å². The zero-order valence-electron chi connectivity index (χ0n) is 26.3. The molecule has 0 atom stereocenters. The van der Waals surface area contributed by atoms with Gasteiger partial charge in [0.1, 0.15) is 0 Å². The van der Waals surface area contributed by atoms with Crippen molar-refractivity contribution >= 4 is 16.3 Å². The van der Waals surface area contributed by atoms with Crippen LogP contribution in [0.5, 0.6) is 0 Å². The molecule has 234 valence electrons. The van der Waals surface area contributed by atoms with Gasteiger partial charge in [-0.2, -0.15) is 0 Å². The molecule has 7 nitrogen and oxygen atoms in total. The molecule has 0 aliphatic rings. The van der Waals surface area contributed by atoms with Gasteiger partial charge < -0.3 is 14.4 Å². The van der Waals surface area contributed by atoms with E-state index in [1.807, 2.05) is 0 Å². The van der Waals surface area contributed by atoms with Gasteiger partial charge in [0.25, 0.3) is 0 Å². The molecule has 0 aromatic carbocycles. The van der Waals surface area contributed by atoms with Gasteiger partial charge in [0.05, 0.1) is 33.8 Å². The topological polar surface area (TPSA) is 95.5 Å². The normalized spacial score (nSPS) is 11.9. The third kappa shape index (κ3) is 37.0. The zero-order chi connectivity index (χ0) is 29.7. The molecule has 0 saturated carbocycles. The van der Waals surface area contributed by atoms with Crippen molar-refractivity contribution in [2.75, 3.05) is 40.3 Å². The number of allylic oxidation sites excluding steroid dienone is 2. The first kappa shape index (κ1) is 40.2. The van der Waals surface area contributed by atoms with Gasteiger partial charge in [0, 0.05) is 19.4 Å². The minimum Gasteiger partial charge on any atom is -0.726 e. The van der Waals surface area contributed by atoms with Gasteiger partial charge in [0.15, 0.2) is 0 Å². The second-order valence-corrected chi connectivity index (χ2v) is 12.3. The Kier molecular flexibility index (Phi) is 29.4. The number of hydrogen-bond donors (Lipinski definition) is 1. The van der Waals surface area contributed by atoms with E-state index >= 15 is 0 Å². The Morgan fingerprint density at radius 1 is 0.744 bits per heavy atom. The third-order valence-electron chi connectivity index (χ3n) is 7.05. The number of unbranched alkanes of at least 4 members (excludes halogenated alkanes) is 15. The van der Waals surface area contributed by atoms with Gasteiger partial charge in [-0.3, -0.25) is 8.98 Å². The molecule has 0 rings (SSSR count). The van der Waals surface area contributed by atoms with Crippen LogP contribution in [0.15, 0.2) is 12.2 Å². The average Bonchev–Trinajstić information content (AvgIpc) is 2.87. The molecule has 1 N–H and O–H groups in total. The Balaban J connectivity index is 0. The van der Waals surface area contributed by atoms with E-state index in [0.717, 1.165) is 37.0 Å². The summed E-state index contributed by atoms with van der Waals surface area (Å²) < 4.78 is 33.0. The SMILES string of the molecule is CCCCCCCC/C=C\CCCCCCCCCCCC(=O)NCCC[N+](C)(C)CC.CCOS(=O)(=O)[O-]. The van der Waals surface area contributed by atoms with Crippen molar-refractivity contribution in [3.63, 3.8) is 0 Å². The van der Waals surface area contributed by atoms with E-state index in [1.165, 1.54) is 110 Å². The maximum absolute atomic E-state index is 11.9. The highest BCUT2D eigenvalue weighted by molar-refractivity contribution is 7.80. The maximum atomic E-state index is 11.9. The van der Waals surface area contributed by atoms with Crippen LogP contribution < -0.4 is 5.32 Å². The molecule has 1 amide bonds. The molecule has 8 heteroatoms. The van der Waals surface area contributed by atoms with Crippen LogP contribution in [0.4, 0.5) is 0 Å². The van der Waals surface area contributed by atoms with Gasteiger partial charge in [-0.25, -0.2) is 8.42 Å². The van der Waals surface area contributed by atoms with E-state index in [9.17, 15) is 17.8 Å². The summed E-state index contributed by atoms with van der Waals surface area (Å²) in [5.41, 5.74) is 0. The van der Waals surface area contributed by atoms with E-state index < -0.39 is 10.4 Å². The van der Waals surface area contributed by atoms with Gasteiger partial charge in [-0.05, 0) is 46.0 Å². The lowest BCUT2D eigenvalue weighted by molar-refractivity contribution is -0.888. The molecule has 0 aromatic rings. The fourth-order valence-electron chi connectivity index (χ4n) is 4.19. The highest BCUT2D eigenvalue weighted by atomic mass is 32.3. The van der Waals surface area contributed by atoms with Crippen molar-refractivity contribution in [3.8, 4) is 0 Å². The Bertz CT molecular complexity index is 666. The summed E-state index contributed by atoms with van der Waals surface area (Å²) >= 11 is 0. The first-order chi connectivity index (χ1) is 18.6. The number of hydrogen-bond acceptors (Lipinski definition) is 5. The molecule has 0 aliphatic carbocycles. The van der Waals surface area contributed by atoms with Crippen LogP contribution in [0.3, 0.4) is 0 Å². The second kappa shape index (κ2) is 28.6. The minimum atomic E-state index is -4.42. The predicted molar refractivity (Wildman–Crippen MR) is 164 cm³/mol. The fourth-order valence-corrected chi connectivity index (χ4v) is 4.48. The Labute approximate surface area is 243 Å². The van der Waals surface area contributed by atoms with Gasteiger partial charge >= 0.3 is 0 Å². The molecule has 39 heavy (non-hydrogen) atoms. The molecular formula is C31H64N2O5S. The quantitative estimate of drug-likeness (QED) is 0.0375. The minimum absolute atomic E-state index is 0.0914. The lowest BCUT2D eigenvalue weighted by atomic mass is 10.1. The summed E-state index contributed by atoms with van der Waals surface area (Å²) in [7, 11) is 0.0716. The maximum Gasteiger partial charge on any atom is 0.219 e. The van der Waals surface area contributed by atoms with E-state index in [-0.39, 0.29) is 12.5 Å². The summed E-state index contributed by atoms with van der Waals surface area (Å²) in [6.07, 6.45) is 29.3. The van der Waals surface area contributed by atoms with E-state index in [1.54, 1.807) is 0 Å². The number of amides is 1. The van der Waals surface area contributed by atoms with Crippen LogP contribution >= 0.6 is 0 Å². The average molecular weight is 577 g/mol. The molecule has 0 spiro atoms. The van der Waals surface area contributed by atoms with Crippen molar-refractivity contribution in [1.29, 1.82) is 0 Å². The van der Waals surface area contributed by atoms with E-state index in [4.69, 9.17) is 0 Å². The van der Waals surface area contributed by atoms with Crippen LogP contribution in [0.2, 0.25) is 0 Å². The monoisotopic (exact) mass is 576 g/mol.